The van der Waals surface area contributed by atoms with Crippen LogP contribution in [0.2, 0.25) is 0 Å². The number of amides is 1. The van der Waals surface area contributed by atoms with Gasteiger partial charge in [0, 0.05) is 55.8 Å². The maximum Gasteiger partial charge on any atom is 0.326 e. The number of anilines is 3. The SMILES string of the molecule is N=C(N)NCCCC(NC(=O)c1sccc1NS(=O)(=O)c1cc(NCc2csc(N3CCNCC3)n2)cc2c1OCC2)C(=O)O. The van der Waals surface area contributed by atoms with Crippen LogP contribution in [0.3, 0.4) is 0 Å². The number of thiazole rings is 1. The number of aromatic nitrogens is 1. The van der Waals surface area contributed by atoms with Gasteiger partial charge in [-0.1, -0.05) is 0 Å². The van der Waals surface area contributed by atoms with Crippen molar-refractivity contribution in [2.75, 3.05) is 54.3 Å². The van der Waals surface area contributed by atoms with E-state index in [1.54, 1.807) is 16.7 Å². The fourth-order valence-electron chi connectivity index (χ4n) is 4.92. The highest BCUT2D eigenvalue weighted by Gasteiger charge is 2.29. The summed E-state index contributed by atoms with van der Waals surface area (Å²) in [6.45, 7) is 4.63. The molecular formula is C27H35N9O6S3. The molecule has 1 amide bonds. The Bertz CT molecular complexity index is 1650. The highest BCUT2D eigenvalue weighted by Crippen LogP contribution is 2.37. The number of carbonyl (C=O) groups excluding carboxylic acids is 1. The normalized spacial score (nSPS) is 15.1. The molecule has 5 rings (SSSR count). The summed E-state index contributed by atoms with van der Waals surface area (Å²) in [7, 11) is -4.22. The average molecular weight is 678 g/mol. The molecular weight excluding hydrogens is 643 g/mol. The van der Waals surface area contributed by atoms with Crippen LogP contribution in [0.15, 0.2) is 33.9 Å². The lowest BCUT2D eigenvalue weighted by Gasteiger charge is -2.26. The van der Waals surface area contributed by atoms with Crippen molar-refractivity contribution in [2.24, 2.45) is 5.73 Å². The van der Waals surface area contributed by atoms with Crippen molar-refractivity contribution < 1.29 is 27.9 Å². The van der Waals surface area contributed by atoms with Gasteiger partial charge in [-0.15, -0.1) is 22.7 Å². The van der Waals surface area contributed by atoms with Crippen LogP contribution in [0.25, 0.3) is 0 Å². The van der Waals surface area contributed by atoms with E-state index in [4.69, 9.17) is 20.9 Å². The predicted molar refractivity (Wildman–Crippen MR) is 173 cm³/mol. The van der Waals surface area contributed by atoms with Crippen molar-refractivity contribution in [3.8, 4) is 5.75 Å². The number of benzene rings is 1. The molecule has 2 aromatic heterocycles. The van der Waals surface area contributed by atoms with Crippen LogP contribution in [0.4, 0.5) is 16.5 Å². The monoisotopic (exact) mass is 677 g/mol. The van der Waals surface area contributed by atoms with Gasteiger partial charge >= 0.3 is 5.97 Å². The lowest BCUT2D eigenvalue weighted by Crippen LogP contribution is -2.43. The van der Waals surface area contributed by atoms with E-state index in [9.17, 15) is 23.1 Å². The topological polar surface area (TPSA) is 224 Å². The lowest BCUT2D eigenvalue weighted by atomic mass is 10.1. The summed E-state index contributed by atoms with van der Waals surface area (Å²) >= 11 is 2.56. The second-order valence-electron chi connectivity index (χ2n) is 10.4. The van der Waals surface area contributed by atoms with Crippen molar-refractivity contribution in [1.82, 2.24) is 20.9 Å². The number of nitrogens with two attached hydrogens (primary N) is 1. The highest BCUT2D eigenvalue weighted by molar-refractivity contribution is 7.92. The van der Waals surface area contributed by atoms with E-state index in [0.717, 1.165) is 53.9 Å². The Morgan fingerprint density at radius 1 is 1.24 bits per heavy atom. The zero-order valence-corrected chi connectivity index (χ0v) is 26.7. The van der Waals surface area contributed by atoms with E-state index in [1.165, 1.54) is 12.1 Å². The first kappa shape index (κ1) is 32.3. The number of aliphatic carboxylic acids is 1. The third-order valence-electron chi connectivity index (χ3n) is 7.14. The summed E-state index contributed by atoms with van der Waals surface area (Å²) in [5.41, 5.74) is 7.43. The summed E-state index contributed by atoms with van der Waals surface area (Å²) in [4.78, 5) is 31.7. The van der Waals surface area contributed by atoms with E-state index in [2.05, 4.69) is 30.9 Å². The van der Waals surface area contributed by atoms with Gasteiger partial charge in [-0.05, 0) is 36.4 Å². The first-order valence-corrected chi connectivity index (χ1v) is 17.5. The van der Waals surface area contributed by atoms with Gasteiger partial charge in [0.05, 0.1) is 24.5 Å². The number of guanidine groups is 1. The molecule has 2 aliphatic heterocycles. The highest BCUT2D eigenvalue weighted by atomic mass is 32.2. The molecule has 1 saturated heterocycles. The van der Waals surface area contributed by atoms with Crippen molar-refractivity contribution in [1.29, 1.82) is 5.41 Å². The molecule has 0 bridgehead atoms. The molecule has 3 aromatic rings. The number of piperazine rings is 1. The Morgan fingerprint density at radius 3 is 2.80 bits per heavy atom. The van der Waals surface area contributed by atoms with Gasteiger partial charge in [0.2, 0.25) is 0 Å². The molecule has 18 heteroatoms. The first-order valence-electron chi connectivity index (χ1n) is 14.3. The minimum absolute atomic E-state index is 0.0161. The van der Waals surface area contributed by atoms with Crippen LogP contribution in [0.5, 0.6) is 5.75 Å². The van der Waals surface area contributed by atoms with Crippen molar-refractivity contribution in [2.45, 2.75) is 36.7 Å². The largest absolute Gasteiger partial charge is 0.492 e. The maximum atomic E-state index is 13.7. The summed E-state index contributed by atoms with van der Waals surface area (Å²) in [5.74, 6) is -1.94. The molecule has 1 fully saturated rings. The number of fused-ring (bicyclic) bond motifs is 1. The number of hydrogen-bond donors (Lipinski definition) is 8. The summed E-state index contributed by atoms with van der Waals surface area (Å²) in [6, 6.07) is 3.60. The maximum absolute atomic E-state index is 13.7. The number of hydrogen-bond acceptors (Lipinski definition) is 12. The van der Waals surface area contributed by atoms with Crippen molar-refractivity contribution in [3.63, 3.8) is 0 Å². The number of thiophene rings is 1. The molecule has 242 valence electrons. The van der Waals surface area contributed by atoms with Crippen LogP contribution < -0.4 is 41.4 Å². The fourth-order valence-corrected chi connectivity index (χ4v) is 7.90. The lowest BCUT2D eigenvalue weighted by molar-refractivity contribution is -0.139. The Morgan fingerprint density at radius 2 is 2.04 bits per heavy atom. The summed E-state index contributed by atoms with van der Waals surface area (Å²) in [5, 5.41) is 32.9. The smallest absolute Gasteiger partial charge is 0.326 e. The van der Waals surface area contributed by atoms with Gasteiger partial charge in [0.25, 0.3) is 15.9 Å². The van der Waals surface area contributed by atoms with Gasteiger partial charge in [-0.25, -0.2) is 18.2 Å². The number of carboxylic acid groups (broad SMARTS) is 1. The van der Waals surface area contributed by atoms with Gasteiger partial charge in [0.15, 0.2) is 11.1 Å². The Kier molecular flexibility index (Phi) is 10.3. The predicted octanol–water partition coefficient (Wildman–Crippen LogP) is 1.41. The minimum atomic E-state index is -4.22. The second-order valence-corrected chi connectivity index (χ2v) is 13.8. The van der Waals surface area contributed by atoms with Crippen LogP contribution in [0.1, 0.15) is 33.8 Å². The van der Waals surface area contributed by atoms with E-state index in [-0.39, 0.29) is 40.1 Å². The third-order valence-corrected chi connectivity index (χ3v) is 10.4. The molecule has 9 N–H and O–H groups in total. The molecule has 1 atom stereocenters. The Balaban J connectivity index is 1.28. The number of nitrogens with zero attached hydrogens (tertiary/aromatic N) is 2. The first-order chi connectivity index (χ1) is 21.6. The zero-order valence-electron chi connectivity index (χ0n) is 24.2. The van der Waals surface area contributed by atoms with Crippen LogP contribution in [-0.2, 0) is 27.8 Å². The van der Waals surface area contributed by atoms with E-state index >= 15 is 0 Å². The van der Waals surface area contributed by atoms with Crippen molar-refractivity contribution in [3.05, 3.63) is 45.1 Å². The quantitative estimate of drug-likeness (QED) is 0.0689. The fraction of sp³-hybridized carbons (Fsp3) is 0.407. The number of carbonyl (C=O) groups is 2. The van der Waals surface area contributed by atoms with Gasteiger partial charge < -0.3 is 41.7 Å². The summed E-state index contributed by atoms with van der Waals surface area (Å²) in [6.07, 6.45) is 0.951. The van der Waals surface area contributed by atoms with E-state index < -0.39 is 27.9 Å². The number of nitrogens with one attached hydrogen (secondary N) is 6. The average Bonchev–Trinajstić information content (AvgIpc) is 3.78. The standard InChI is InChI=1S/C27H35N9O6S3/c28-26(29)31-5-1-2-20(25(38)39)34-24(37)23-19(4-11-43-23)35-45(40,41)21-13-17(12-16-3-10-42-22(16)21)32-14-18-15-44-27(33-18)36-8-6-30-7-9-36/h4,11-13,15,20,30,32,35H,1-3,5-10,14H2,(H,34,37)(H,38,39)(H4,28,29,31). The van der Waals surface area contributed by atoms with Crippen LogP contribution in [-0.4, -0.2) is 81.7 Å². The minimum Gasteiger partial charge on any atom is -0.492 e. The van der Waals surface area contributed by atoms with E-state index in [0.29, 0.717) is 31.7 Å². The zero-order chi connectivity index (χ0) is 32.0. The molecule has 0 saturated carbocycles. The molecule has 15 nitrogen and oxygen atoms in total. The molecule has 4 heterocycles. The molecule has 1 aromatic carbocycles. The molecule has 1 unspecified atom stereocenters. The Labute approximate surface area is 268 Å². The Hall–Kier alpha value is -4.13. The number of rotatable bonds is 14. The molecule has 0 spiro atoms. The second kappa shape index (κ2) is 14.3. The van der Waals surface area contributed by atoms with E-state index in [1.807, 2.05) is 11.4 Å². The van der Waals surface area contributed by atoms with Crippen LogP contribution >= 0.6 is 22.7 Å². The molecule has 45 heavy (non-hydrogen) atoms. The molecule has 0 aliphatic carbocycles. The van der Waals surface area contributed by atoms with Crippen molar-refractivity contribution >= 4 is 67.0 Å². The van der Waals surface area contributed by atoms with Gasteiger partial charge in [-0.3, -0.25) is 14.9 Å². The number of ether oxygens (including phenoxy) is 1. The molecule has 2 aliphatic rings. The number of carboxylic acids is 1. The van der Waals surface area contributed by atoms with Gasteiger partial charge in [0.1, 0.15) is 21.6 Å². The molecule has 0 radical (unpaired) electrons. The van der Waals surface area contributed by atoms with Gasteiger partial charge in [-0.2, -0.15) is 0 Å². The third kappa shape index (κ3) is 8.13. The summed E-state index contributed by atoms with van der Waals surface area (Å²) < 4.78 is 35.6. The van der Waals surface area contributed by atoms with Crippen LogP contribution in [0, 0.1) is 5.41 Å². The number of sulfonamides is 1.